The zero-order chi connectivity index (χ0) is 15.0. The van der Waals surface area contributed by atoms with E-state index in [1.165, 1.54) is 26.4 Å². The number of carboxylic acid groups (broad SMARTS) is 1. The monoisotopic (exact) mass is 285 g/mol. The zero-order valence-corrected chi connectivity index (χ0v) is 12.6. The van der Waals surface area contributed by atoms with Crippen LogP contribution in [0.3, 0.4) is 0 Å². The molecule has 0 aromatic heterocycles. The quantitative estimate of drug-likeness (QED) is 0.813. The minimum atomic E-state index is -0.855. The van der Waals surface area contributed by atoms with E-state index in [2.05, 4.69) is 0 Å². The van der Waals surface area contributed by atoms with Crippen LogP contribution in [0.1, 0.15) is 51.9 Å². The van der Waals surface area contributed by atoms with Crippen molar-refractivity contribution in [2.24, 2.45) is 5.92 Å². The molecule has 0 bridgehead atoms. The van der Waals surface area contributed by atoms with E-state index in [4.69, 9.17) is 9.84 Å². The number of carboxylic acids is 1. The van der Waals surface area contributed by atoms with Crippen LogP contribution in [0.25, 0.3) is 0 Å². The number of ether oxygens (including phenoxy) is 1. The minimum absolute atomic E-state index is 0.0306. The van der Waals surface area contributed by atoms with Crippen LogP contribution < -0.4 is 0 Å². The van der Waals surface area contributed by atoms with Gasteiger partial charge in [0.25, 0.3) is 0 Å². The molecule has 1 unspecified atom stereocenters. The molecule has 1 aliphatic carbocycles. The number of carbonyl (C=O) groups excluding carboxylic acids is 1. The third-order valence-electron chi connectivity index (χ3n) is 4.00. The Morgan fingerprint density at radius 2 is 1.75 bits per heavy atom. The molecule has 1 fully saturated rings. The molecule has 0 saturated heterocycles. The largest absolute Gasteiger partial charge is 0.481 e. The van der Waals surface area contributed by atoms with E-state index in [0.717, 1.165) is 25.7 Å². The Morgan fingerprint density at radius 3 is 2.25 bits per heavy atom. The van der Waals surface area contributed by atoms with E-state index >= 15 is 0 Å². The lowest BCUT2D eigenvalue weighted by Gasteiger charge is -2.34. The van der Waals surface area contributed by atoms with Crippen LogP contribution in [0.15, 0.2) is 0 Å². The molecule has 5 nitrogen and oxygen atoms in total. The fourth-order valence-electron chi connectivity index (χ4n) is 2.78. The Labute approximate surface area is 121 Å². The zero-order valence-electron chi connectivity index (χ0n) is 12.6. The lowest BCUT2D eigenvalue weighted by Crippen LogP contribution is -2.45. The number of hydrogen-bond donors (Lipinski definition) is 1. The maximum absolute atomic E-state index is 12.2. The molecular weight excluding hydrogens is 258 g/mol. The van der Waals surface area contributed by atoms with Crippen LogP contribution in [0.5, 0.6) is 0 Å². The van der Waals surface area contributed by atoms with Crippen LogP contribution in [0.2, 0.25) is 0 Å². The summed E-state index contributed by atoms with van der Waals surface area (Å²) in [5, 5.41) is 9.07. The lowest BCUT2D eigenvalue weighted by molar-refractivity contribution is -0.145. The first-order valence-electron chi connectivity index (χ1n) is 7.57. The van der Waals surface area contributed by atoms with Crippen LogP contribution >= 0.6 is 0 Å². The first-order valence-corrected chi connectivity index (χ1v) is 7.57. The Bertz CT molecular complexity index is 311. The molecule has 116 valence electrons. The van der Waals surface area contributed by atoms with Crippen LogP contribution in [0.4, 0.5) is 0 Å². The Balaban J connectivity index is 2.72. The van der Waals surface area contributed by atoms with Gasteiger partial charge in [-0.1, -0.05) is 39.0 Å². The molecule has 20 heavy (non-hydrogen) atoms. The molecular formula is C15H27NO4. The van der Waals surface area contributed by atoms with Crippen molar-refractivity contribution in [1.82, 2.24) is 4.90 Å². The van der Waals surface area contributed by atoms with E-state index in [1.807, 2.05) is 0 Å². The average Bonchev–Trinajstić information content (AvgIpc) is 2.36. The summed E-state index contributed by atoms with van der Waals surface area (Å²) in [6.45, 7) is 1.96. The number of amides is 1. The summed E-state index contributed by atoms with van der Waals surface area (Å²) in [5.74, 6) is -1.49. The summed E-state index contributed by atoms with van der Waals surface area (Å²) in [6.07, 6.45) is 7.86. The number of nitrogens with zero attached hydrogens (tertiary/aromatic N) is 1. The standard InChI is InChI=1S/C15H27NO4/c1-12(15(18)19)10-16(14(17)11-20-2)13-8-6-4-3-5-7-9-13/h12-13H,3-11H2,1-2H3,(H,18,19). The topological polar surface area (TPSA) is 66.8 Å². The maximum atomic E-state index is 12.2. The fourth-order valence-corrected chi connectivity index (χ4v) is 2.78. The van der Waals surface area contributed by atoms with E-state index in [0.29, 0.717) is 0 Å². The third-order valence-corrected chi connectivity index (χ3v) is 4.00. The Morgan fingerprint density at radius 1 is 1.20 bits per heavy atom. The molecule has 0 aliphatic heterocycles. The molecule has 5 heteroatoms. The van der Waals surface area contributed by atoms with Gasteiger partial charge in [-0.15, -0.1) is 0 Å². The van der Waals surface area contributed by atoms with E-state index < -0.39 is 11.9 Å². The van der Waals surface area contributed by atoms with Crippen molar-refractivity contribution in [2.75, 3.05) is 20.3 Å². The number of rotatable bonds is 6. The van der Waals surface area contributed by atoms with Crippen LogP contribution in [-0.2, 0) is 14.3 Å². The van der Waals surface area contributed by atoms with Crippen molar-refractivity contribution in [3.63, 3.8) is 0 Å². The molecule has 1 aliphatic rings. The van der Waals surface area contributed by atoms with Gasteiger partial charge in [0.2, 0.25) is 5.91 Å². The van der Waals surface area contributed by atoms with Crippen molar-refractivity contribution in [1.29, 1.82) is 0 Å². The van der Waals surface area contributed by atoms with Crippen LogP contribution in [0, 0.1) is 5.92 Å². The van der Waals surface area contributed by atoms with E-state index in [-0.39, 0.29) is 25.1 Å². The summed E-state index contributed by atoms with van der Waals surface area (Å²) in [6, 6.07) is 0.166. The molecule has 1 N–H and O–H groups in total. The van der Waals surface area contributed by atoms with Gasteiger partial charge in [-0.2, -0.15) is 0 Å². The average molecular weight is 285 g/mol. The summed E-state index contributed by atoms with van der Waals surface area (Å²) in [4.78, 5) is 25.0. The highest BCUT2D eigenvalue weighted by Crippen LogP contribution is 2.22. The summed E-state index contributed by atoms with van der Waals surface area (Å²) in [7, 11) is 1.49. The van der Waals surface area contributed by atoms with Gasteiger partial charge in [-0.25, -0.2) is 0 Å². The highest BCUT2D eigenvalue weighted by molar-refractivity contribution is 5.79. The predicted molar refractivity (Wildman–Crippen MR) is 76.5 cm³/mol. The van der Waals surface area contributed by atoms with Gasteiger partial charge in [0, 0.05) is 19.7 Å². The number of carbonyl (C=O) groups is 2. The highest BCUT2D eigenvalue weighted by atomic mass is 16.5. The van der Waals surface area contributed by atoms with Gasteiger partial charge in [-0.3, -0.25) is 9.59 Å². The van der Waals surface area contributed by atoms with Crippen LogP contribution in [-0.4, -0.2) is 48.2 Å². The normalized spacial score (nSPS) is 18.9. The molecule has 1 rings (SSSR count). The summed E-state index contributed by atoms with van der Waals surface area (Å²) in [5.41, 5.74) is 0. The molecule has 1 saturated carbocycles. The van der Waals surface area contributed by atoms with Gasteiger partial charge in [0.05, 0.1) is 5.92 Å². The first-order chi connectivity index (χ1) is 9.56. The molecule has 0 aromatic rings. The minimum Gasteiger partial charge on any atom is -0.481 e. The van der Waals surface area contributed by atoms with E-state index in [1.54, 1.807) is 11.8 Å². The summed E-state index contributed by atoms with van der Waals surface area (Å²) < 4.78 is 4.93. The second-order valence-electron chi connectivity index (χ2n) is 5.72. The second-order valence-corrected chi connectivity index (χ2v) is 5.72. The lowest BCUT2D eigenvalue weighted by atomic mass is 9.94. The number of aliphatic carboxylic acids is 1. The Kier molecular flexibility index (Phi) is 7.59. The van der Waals surface area contributed by atoms with Crippen molar-refractivity contribution in [3.8, 4) is 0 Å². The molecule has 0 spiro atoms. The van der Waals surface area contributed by atoms with Crippen molar-refractivity contribution >= 4 is 11.9 Å². The van der Waals surface area contributed by atoms with Gasteiger partial charge >= 0.3 is 5.97 Å². The molecule has 0 radical (unpaired) electrons. The van der Waals surface area contributed by atoms with Gasteiger partial charge in [0.15, 0.2) is 0 Å². The highest BCUT2D eigenvalue weighted by Gasteiger charge is 2.27. The molecule has 0 aromatic carbocycles. The van der Waals surface area contributed by atoms with Crippen molar-refractivity contribution in [3.05, 3.63) is 0 Å². The molecule has 1 amide bonds. The number of hydrogen-bond acceptors (Lipinski definition) is 3. The molecule has 0 heterocycles. The van der Waals surface area contributed by atoms with Gasteiger partial charge < -0.3 is 14.7 Å². The van der Waals surface area contributed by atoms with Gasteiger partial charge in [-0.05, 0) is 12.8 Å². The smallest absolute Gasteiger partial charge is 0.308 e. The third kappa shape index (κ3) is 5.49. The van der Waals surface area contributed by atoms with Gasteiger partial charge in [0.1, 0.15) is 6.61 Å². The van der Waals surface area contributed by atoms with E-state index in [9.17, 15) is 9.59 Å². The van der Waals surface area contributed by atoms with Crippen molar-refractivity contribution in [2.45, 2.75) is 57.9 Å². The van der Waals surface area contributed by atoms with Crippen molar-refractivity contribution < 1.29 is 19.4 Å². The molecule has 1 atom stereocenters. The number of methoxy groups -OCH3 is 1. The predicted octanol–water partition coefficient (Wildman–Crippen LogP) is 2.29. The SMILES string of the molecule is COCC(=O)N(CC(C)C(=O)O)C1CCCCCCC1. The first kappa shape index (κ1) is 17.0. The maximum Gasteiger partial charge on any atom is 0.308 e. The Hall–Kier alpha value is -1.10. The summed E-state index contributed by atoms with van der Waals surface area (Å²) >= 11 is 0. The fraction of sp³-hybridized carbons (Fsp3) is 0.867. The second kappa shape index (κ2) is 8.95.